The summed E-state index contributed by atoms with van der Waals surface area (Å²) in [5.74, 6) is 0.758. The Morgan fingerprint density at radius 1 is 1.00 bits per heavy atom. The smallest absolute Gasteiger partial charge is 0.256 e. The molecule has 1 aliphatic rings. The van der Waals surface area contributed by atoms with Crippen molar-refractivity contribution in [1.82, 2.24) is 14.6 Å². The molecule has 0 atom stereocenters. The van der Waals surface area contributed by atoms with Crippen molar-refractivity contribution in [3.8, 4) is 0 Å². The van der Waals surface area contributed by atoms with Gasteiger partial charge in [-0.25, -0.2) is 13.1 Å². The fourth-order valence-electron chi connectivity index (χ4n) is 4.14. The molecule has 1 aliphatic heterocycles. The number of piperidine rings is 1. The maximum atomic E-state index is 12.5. The highest BCUT2D eigenvalue weighted by atomic mass is 32.2. The number of H-pyrrole nitrogens is 1. The Labute approximate surface area is 173 Å². The number of nitrogens with zero attached hydrogens (tertiary/aromatic N) is 1. The summed E-state index contributed by atoms with van der Waals surface area (Å²) in [5, 5.41) is 1.15. The molecular formula is C23H29N3O2S. The second kappa shape index (κ2) is 9.11. The van der Waals surface area contributed by atoms with Crippen molar-refractivity contribution in [3.63, 3.8) is 0 Å². The molecule has 0 aliphatic carbocycles. The Kier molecular flexibility index (Phi) is 6.33. The maximum Gasteiger partial charge on any atom is 0.256 e. The zero-order valence-electron chi connectivity index (χ0n) is 16.7. The van der Waals surface area contributed by atoms with Crippen molar-refractivity contribution >= 4 is 20.9 Å². The Hall–Kier alpha value is -2.15. The molecule has 154 valence electrons. The number of hydrogen-bond acceptors (Lipinski definition) is 3. The lowest BCUT2D eigenvalue weighted by molar-refractivity contribution is 0.183. The van der Waals surface area contributed by atoms with Gasteiger partial charge in [-0.1, -0.05) is 48.5 Å². The van der Waals surface area contributed by atoms with Gasteiger partial charge in [0.2, 0.25) is 0 Å². The van der Waals surface area contributed by atoms with E-state index in [1.165, 1.54) is 24.8 Å². The first-order chi connectivity index (χ1) is 14.1. The molecule has 4 rings (SSSR count). The Balaban J connectivity index is 1.19. The lowest BCUT2D eigenvalue weighted by Gasteiger charge is -2.32. The predicted octanol–water partition coefficient (Wildman–Crippen LogP) is 3.79. The van der Waals surface area contributed by atoms with Crippen molar-refractivity contribution in [2.24, 2.45) is 5.92 Å². The fourth-order valence-corrected chi connectivity index (χ4v) is 5.24. The second-order valence-electron chi connectivity index (χ2n) is 7.95. The summed E-state index contributed by atoms with van der Waals surface area (Å²) >= 11 is 0. The maximum absolute atomic E-state index is 12.5. The highest BCUT2D eigenvalue weighted by Gasteiger charge is 2.20. The van der Waals surface area contributed by atoms with Crippen LogP contribution in [0.15, 0.2) is 65.7 Å². The van der Waals surface area contributed by atoms with E-state index < -0.39 is 10.0 Å². The van der Waals surface area contributed by atoms with Crippen LogP contribution in [0.2, 0.25) is 0 Å². The van der Waals surface area contributed by atoms with E-state index in [2.05, 4.69) is 44.9 Å². The number of aromatic amines is 1. The molecule has 1 aromatic heterocycles. The third-order valence-electron chi connectivity index (χ3n) is 5.81. The number of likely N-dealkylation sites (tertiary alicyclic amines) is 1. The van der Waals surface area contributed by atoms with Crippen molar-refractivity contribution in [2.45, 2.75) is 30.7 Å². The molecule has 5 nitrogen and oxygen atoms in total. The van der Waals surface area contributed by atoms with E-state index in [1.807, 2.05) is 24.3 Å². The second-order valence-corrected chi connectivity index (χ2v) is 9.68. The van der Waals surface area contributed by atoms with Crippen LogP contribution in [0.4, 0.5) is 0 Å². The van der Waals surface area contributed by atoms with Gasteiger partial charge in [-0.3, -0.25) is 0 Å². The first-order valence-corrected chi connectivity index (χ1v) is 11.9. The average molecular weight is 412 g/mol. The molecule has 6 heteroatoms. The molecule has 0 radical (unpaired) electrons. The molecule has 3 aromatic rings. The quantitative estimate of drug-likeness (QED) is 0.554. The molecular weight excluding hydrogens is 382 g/mol. The van der Waals surface area contributed by atoms with Crippen molar-refractivity contribution in [3.05, 3.63) is 66.2 Å². The van der Waals surface area contributed by atoms with Crippen LogP contribution in [0, 0.1) is 5.92 Å². The number of para-hydroxylation sites is 1. The normalized spacial score (nSPS) is 16.4. The summed E-state index contributed by atoms with van der Waals surface area (Å²) in [4.78, 5) is 5.45. The number of nitrogens with one attached hydrogen (secondary N) is 2. The van der Waals surface area contributed by atoms with E-state index in [-0.39, 0.29) is 5.03 Å². The van der Waals surface area contributed by atoms with Crippen molar-refractivity contribution in [2.75, 3.05) is 26.2 Å². The van der Waals surface area contributed by atoms with Crippen LogP contribution in [-0.2, 0) is 16.4 Å². The van der Waals surface area contributed by atoms with Gasteiger partial charge in [-0.2, -0.15) is 0 Å². The van der Waals surface area contributed by atoms with Crippen LogP contribution in [0.25, 0.3) is 10.9 Å². The van der Waals surface area contributed by atoms with Gasteiger partial charge in [-0.15, -0.1) is 0 Å². The minimum Gasteiger partial charge on any atom is -0.345 e. The number of rotatable bonds is 8. The van der Waals surface area contributed by atoms with Crippen LogP contribution >= 0.6 is 0 Å². The van der Waals surface area contributed by atoms with Gasteiger partial charge in [-0.05, 0) is 68.9 Å². The van der Waals surface area contributed by atoms with E-state index in [1.54, 1.807) is 6.07 Å². The van der Waals surface area contributed by atoms with Gasteiger partial charge in [0.25, 0.3) is 10.0 Å². The van der Waals surface area contributed by atoms with Gasteiger partial charge in [0.05, 0.1) is 0 Å². The minimum absolute atomic E-state index is 0.237. The number of aromatic nitrogens is 1. The Morgan fingerprint density at radius 2 is 1.72 bits per heavy atom. The van der Waals surface area contributed by atoms with Crippen LogP contribution < -0.4 is 4.72 Å². The summed E-state index contributed by atoms with van der Waals surface area (Å²) in [6.45, 7) is 3.60. The van der Waals surface area contributed by atoms with Gasteiger partial charge in [0.1, 0.15) is 5.03 Å². The highest BCUT2D eigenvalue weighted by Crippen LogP contribution is 2.22. The molecule has 2 aromatic carbocycles. The van der Waals surface area contributed by atoms with Crippen LogP contribution in [0.3, 0.4) is 0 Å². The molecule has 0 bridgehead atoms. The molecule has 0 unspecified atom stereocenters. The molecule has 2 N–H and O–H groups in total. The topological polar surface area (TPSA) is 65.2 Å². The third-order valence-corrected chi connectivity index (χ3v) is 7.20. The lowest BCUT2D eigenvalue weighted by atomic mass is 9.90. The predicted molar refractivity (Wildman–Crippen MR) is 117 cm³/mol. The average Bonchev–Trinajstić information content (AvgIpc) is 3.19. The van der Waals surface area contributed by atoms with Crippen LogP contribution in [0.5, 0.6) is 0 Å². The largest absolute Gasteiger partial charge is 0.345 e. The first kappa shape index (κ1) is 20.1. The van der Waals surface area contributed by atoms with Crippen molar-refractivity contribution < 1.29 is 8.42 Å². The number of hydrogen-bond donors (Lipinski definition) is 2. The number of fused-ring (bicyclic) bond motifs is 1. The monoisotopic (exact) mass is 411 g/mol. The summed E-state index contributed by atoms with van der Waals surface area (Å²) in [5.41, 5.74) is 2.27. The summed E-state index contributed by atoms with van der Waals surface area (Å²) in [6.07, 6.45) is 4.42. The standard InChI is InChI=1S/C23H29N3O2S/c27-29(28,23-18-21-9-4-5-10-22(21)25-23)24-13-6-14-26-15-11-20(12-16-26)17-19-7-2-1-3-8-19/h1-5,7-10,18,20,24-25H,6,11-17H2. The number of benzene rings is 2. The van der Waals surface area contributed by atoms with E-state index >= 15 is 0 Å². The van der Waals surface area contributed by atoms with Gasteiger partial charge in [0.15, 0.2) is 0 Å². The molecule has 29 heavy (non-hydrogen) atoms. The Bertz CT molecular complexity index is 989. The molecule has 2 heterocycles. The highest BCUT2D eigenvalue weighted by molar-refractivity contribution is 7.89. The third kappa shape index (κ3) is 5.26. The Morgan fingerprint density at radius 3 is 2.48 bits per heavy atom. The van der Waals surface area contributed by atoms with Crippen LogP contribution in [0.1, 0.15) is 24.8 Å². The fraction of sp³-hybridized carbons (Fsp3) is 0.391. The van der Waals surface area contributed by atoms with Crippen molar-refractivity contribution in [1.29, 1.82) is 0 Å². The SMILES string of the molecule is O=S(=O)(NCCCN1CCC(Cc2ccccc2)CC1)c1cc2ccccc2[nH]1. The molecule has 1 saturated heterocycles. The summed E-state index contributed by atoms with van der Waals surface area (Å²) < 4.78 is 27.8. The summed E-state index contributed by atoms with van der Waals surface area (Å²) in [7, 11) is -3.49. The molecule has 0 spiro atoms. The van der Waals surface area contributed by atoms with Gasteiger partial charge in [0, 0.05) is 17.4 Å². The molecule has 1 fully saturated rings. The van der Waals surface area contributed by atoms with E-state index in [0.29, 0.717) is 6.54 Å². The number of sulfonamides is 1. The van der Waals surface area contributed by atoms with E-state index in [0.717, 1.165) is 42.9 Å². The summed E-state index contributed by atoms with van der Waals surface area (Å²) in [6, 6.07) is 20.0. The van der Waals surface area contributed by atoms with E-state index in [4.69, 9.17) is 0 Å². The molecule has 0 amide bonds. The first-order valence-electron chi connectivity index (χ1n) is 10.4. The van der Waals surface area contributed by atoms with Gasteiger partial charge >= 0.3 is 0 Å². The van der Waals surface area contributed by atoms with Gasteiger partial charge < -0.3 is 9.88 Å². The minimum atomic E-state index is -3.49. The zero-order chi connectivity index (χ0) is 20.1. The zero-order valence-corrected chi connectivity index (χ0v) is 17.5. The van der Waals surface area contributed by atoms with E-state index in [9.17, 15) is 8.42 Å². The molecule has 0 saturated carbocycles. The lowest BCUT2D eigenvalue weighted by Crippen LogP contribution is -2.36. The van der Waals surface area contributed by atoms with Crippen LogP contribution in [-0.4, -0.2) is 44.5 Å².